The summed E-state index contributed by atoms with van der Waals surface area (Å²) in [6, 6.07) is 19.3. The van der Waals surface area contributed by atoms with Crippen LogP contribution in [-0.4, -0.2) is 30.5 Å². The Hall–Kier alpha value is -3.51. The monoisotopic (exact) mass is 417 g/mol. The lowest BCUT2D eigenvalue weighted by molar-refractivity contribution is -0.122. The van der Waals surface area contributed by atoms with Gasteiger partial charge in [0.1, 0.15) is 6.61 Å². The second kappa shape index (κ2) is 11.0. The smallest absolute Gasteiger partial charge is 0.253 e. The molecule has 31 heavy (non-hydrogen) atoms. The van der Waals surface area contributed by atoms with Gasteiger partial charge in [-0.3, -0.25) is 14.6 Å². The molecule has 0 radical (unpaired) electrons. The zero-order valence-corrected chi connectivity index (χ0v) is 17.9. The summed E-state index contributed by atoms with van der Waals surface area (Å²) in [7, 11) is 1.50. The molecule has 6 nitrogen and oxygen atoms in total. The van der Waals surface area contributed by atoms with Crippen LogP contribution in [0.4, 0.5) is 5.69 Å². The van der Waals surface area contributed by atoms with Crippen molar-refractivity contribution in [3.8, 4) is 0 Å². The van der Waals surface area contributed by atoms with Gasteiger partial charge in [0.15, 0.2) is 0 Å². The van der Waals surface area contributed by atoms with E-state index in [1.807, 2.05) is 67.6 Å². The maximum Gasteiger partial charge on any atom is 0.253 e. The number of aryl methyl sites for hydroxylation is 1. The van der Waals surface area contributed by atoms with Crippen LogP contribution in [0.5, 0.6) is 0 Å². The fraction of sp³-hybridized carbons (Fsp3) is 0.240. The maximum atomic E-state index is 12.7. The van der Waals surface area contributed by atoms with Crippen molar-refractivity contribution in [1.82, 2.24) is 10.3 Å². The van der Waals surface area contributed by atoms with Crippen LogP contribution in [0.2, 0.25) is 0 Å². The van der Waals surface area contributed by atoms with Crippen molar-refractivity contribution >= 4 is 17.5 Å². The molecular weight excluding hydrogens is 390 g/mol. The summed E-state index contributed by atoms with van der Waals surface area (Å²) < 4.78 is 5.07. The molecular formula is C25H27N3O3. The molecule has 0 bridgehead atoms. The van der Waals surface area contributed by atoms with E-state index in [0.29, 0.717) is 13.1 Å². The van der Waals surface area contributed by atoms with Crippen LogP contribution < -0.4 is 10.2 Å². The van der Waals surface area contributed by atoms with Gasteiger partial charge in [0.25, 0.3) is 5.91 Å². The van der Waals surface area contributed by atoms with Crippen LogP contribution in [0.15, 0.2) is 73.1 Å². The highest BCUT2D eigenvalue weighted by atomic mass is 16.5. The molecule has 0 saturated carbocycles. The summed E-state index contributed by atoms with van der Waals surface area (Å²) in [6.07, 6.45) is 3.65. The van der Waals surface area contributed by atoms with Gasteiger partial charge in [0.2, 0.25) is 5.91 Å². The van der Waals surface area contributed by atoms with E-state index in [1.54, 1.807) is 17.3 Å². The molecule has 0 aliphatic heterocycles. The number of ether oxygens (including phenoxy) is 1. The van der Waals surface area contributed by atoms with Gasteiger partial charge < -0.3 is 15.0 Å². The predicted molar refractivity (Wildman–Crippen MR) is 120 cm³/mol. The van der Waals surface area contributed by atoms with E-state index in [1.165, 1.54) is 7.11 Å². The molecule has 1 heterocycles. The van der Waals surface area contributed by atoms with Gasteiger partial charge in [-0.2, -0.15) is 0 Å². The second-order valence-electron chi connectivity index (χ2n) is 7.38. The maximum absolute atomic E-state index is 12.7. The topological polar surface area (TPSA) is 71.5 Å². The molecule has 0 aliphatic carbocycles. The highest BCUT2D eigenvalue weighted by Crippen LogP contribution is 2.20. The number of anilines is 1. The number of carbonyl (C=O) groups is 2. The molecule has 2 amide bonds. The Bertz CT molecular complexity index is 1000. The van der Waals surface area contributed by atoms with Crippen molar-refractivity contribution in [3.63, 3.8) is 0 Å². The van der Waals surface area contributed by atoms with Crippen molar-refractivity contribution in [3.05, 3.63) is 95.3 Å². The van der Waals surface area contributed by atoms with Crippen molar-refractivity contribution in [2.24, 2.45) is 0 Å². The van der Waals surface area contributed by atoms with E-state index in [2.05, 4.69) is 10.3 Å². The molecule has 0 spiro atoms. The highest BCUT2D eigenvalue weighted by molar-refractivity contribution is 5.94. The third-order valence-electron chi connectivity index (χ3n) is 4.83. The average molecular weight is 418 g/mol. The van der Waals surface area contributed by atoms with Crippen molar-refractivity contribution in [2.45, 2.75) is 26.4 Å². The molecule has 0 saturated heterocycles. The van der Waals surface area contributed by atoms with Gasteiger partial charge in [-0.1, -0.05) is 48.0 Å². The molecule has 0 atom stereocenters. The third-order valence-corrected chi connectivity index (χ3v) is 4.83. The van der Waals surface area contributed by atoms with Gasteiger partial charge in [0.05, 0.1) is 13.0 Å². The van der Waals surface area contributed by atoms with Crippen LogP contribution in [-0.2, 0) is 33.8 Å². The number of nitrogens with one attached hydrogen (secondary N) is 1. The summed E-state index contributed by atoms with van der Waals surface area (Å²) in [4.78, 5) is 30.9. The first kappa shape index (κ1) is 22.2. The van der Waals surface area contributed by atoms with Crippen molar-refractivity contribution < 1.29 is 14.3 Å². The largest absolute Gasteiger partial charge is 0.375 e. The Morgan fingerprint density at radius 2 is 1.77 bits per heavy atom. The number of hydrogen-bond donors (Lipinski definition) is 1. The van der Waals surface area contributed by atoms with Crippen LogP contribution in [0, 0.1) is 6.92 Å². The Labute approximate surface area is 182 Å². The van der Waals surface area contributed by atoms with E-state index < -0.39 is 0 Å². The number of hydrogen-bond acceptors (Lipinski definition) is 4. The number of methoxy groups -OCH3 is 1. The average Bonchev–Trinajstić information content (AvgIpc) is 2.78. The zero-order valence-electron chi connectivity index (χ0n) is 17.9. The summed E-state index contributed by atoms with van der Waals surface area (Å²) in [5, 5.41) is 2.90. The summed E-state index contributed by atoms with van der Waals surface area (Å²) >= 11 is 0. The normalized spacial score (nSPS) is 10.5. The molecule has 3 rings (SSSR count). The van der Waals surface area contributed by atoms with Crippen LogP contribution >= 0.6 is 0 Å². The molecule has 1 aromatic heterocycles. The van der Waals surface area contributed by atoms with E-state index in [-0.39, 0.29) is 24.8 Å². The highest BCUT2D eigenvalue weighted by Gasteiger charge is 2.17. The Balaban J connectivity index is 1.71. The van der Waals surface area contributed by atoms with Gasteiger partial charge in [-0.15, -0.1) is 0 Å². The molecule has 1 N–H and O–H groups in total. The number of carbonyl (C=O) groups excluding carboxylic acids is 2. The first-order valence-electron chi connectivity index (χ1n) is 10.1. The number of aromatic nitrogens is 1. The van der Waals surface area contributed by atoms with E-state index in [4.69, 9.17) is 4.74 Å². The second-order valence-corrected chi connectivity index (χ2v) is 7.38. The molecule has 0 unspecified atom stereocenters. The molecule has 3 aromatic rings. The fourth-order valence-electron chi connectivity index (χ4n) is 3.19. The first-order chi connectivity index (χ1) is 15.0. The fourth-order valence-corrected chi connectivity index (χ4v) is 3.19. The van der Waals surface area contributed by atoms with Crippen LogP contribution in [0.1, 0.15) is 22.3 Å². The molecule has 160 valence electrons. The first-order valence-corrected chi connectivity index (χ1v) is 10.1. The summed E-state index contributed by atoms with van der Waals surface area (Å²) in [5.74, 6) is -0.226. The lowest BCUT2D eigenvalue weighted by Crippen LogP contribution is -2.33. The summed E-state index contributed by atoms with van der Waals surface area (Å²) in [5.41, 5.74) is 4.70. The molecule has 6 heteroatoms. The zero-order chi connectivity index (χ0) is 22.1. The van der Waals surface area contributed by atoms with Crippen molar-refractivity contribution in [1.29, 1.82) is 0 Å². The van der Waals surface area contributed by atoms with Crippen LogP contribution in [0.25, 0.3) is 0 Å². The Morgan fingerprint density at radius 3 is 2.48 bits per heavy atom. The van der Waals surface area contributed by atoms with Gasteiger partial charge in [-0.05, 0) is 41.8 Å². The number of benzene rings is 2. The lowest BCUT2D eigenvalue weighted by Gasteiger charge is -2.23. The van der Waals surface area contributed by atoms with Crippen LogP contribution in [0.3, 0.4) is 0 Å². The van der Waals surface area contributed by atoms with Crippen molar-refractivity contribution in [2.75, 3.05) is 18.6 Å². The minimum atomic E-state index is -0.138. The van der Waals surface area contributed by atoms with Gasteiger partial charge in [-0.25, -0.2) is 0 Å². The number of pyridine rings is 1. The SMILES string of the molecule is COCC(=O)N(Cc1ccc(C)cc1)c1cccc(CC(=O)NCc2cccnc2)c1. The molecule has 0 aliphatic rings. The van der Waals surface area contributed by atoms with Gasteiger partial charge >= 0.3 is 0 Å². The standard InChI is InChI=1S/C25H27N3O3/c1-19-8-10-20(11-9-19)17-28(25(30)18-31-2)23-7-3-5-21(13-23)14-24(29)27-16-22-6-4-12-26-15-22/h3-13,15H,14,16-18H2,1-2H3,(H,27,29). The predicted octanol–water partition coefficient (Wildman–Crippen LogP) is 3.43. The Morgan fingerprint density at radius 1 is 1.00 bits per heavy atom. The minimum Gasteiger partial charge on any atom is -0.375 e. The van der Waals surface area contributed by atoms with E-state index in [9.17, 15) is 9.59 Å². The lowest BCUT2D eigenvalue weighted by atomic mass is 10.1. The van der Waals surface area contributed by atoms with E-state index >= 15 is 0 Å². The third kappa shape index (κ3) is 6.76. The minimum absolute atomic E-state index is 0.0122. The molecule has 2 aromatic carbocycles. The van der Waals surface area contributed by atoms with E-state index in [0.717, 1.165) is 27.9 Å². The Kier molecular flexibility index (Phi) is 7.90. The number of amides is 2. The number of nitrogens with zero attached hydrogens (tertiary/aromatic N) is 2. The molecule has 0 fully saturated rings. The quantitative estimate of drug-likeness (QED) is 0.579. The van der Waals surface area contributed by atoms with Gasteiger partial charge in [0, 0.05) is 31.7 Å². The summed E-state index contributed by atoms with van der Waals surface area (Å²) in [6.45, 7) is 2.87. The number of rotatable bonds is 9.